The number of nitrogens with zero attached hydrogens (tertiary/aromatic N) is 2. The Balaban J connectivity index is 0.00000161. The monoisotopic (exact) mass is 310 g/mol. The highest BCUT2D eigenvalue weighted by Gasteiger charge is 2.28. The van der Waals surface area contributed by atoms with Gasteiger partial charge in [0, 0.05) is 24.7 Å². The van der Waals surface area contributed by atoms with Crippen molar-refractivity contribution in [3.05, 3.63) is 23.0 Å². The fourth-order valence-electron chi connectivity index (χ4n) is 2.28. The number of rotatable bonds is 5. The van der Waals surface area contributed by atoms with E-state index in [0.29, 0.717) is 29.4 Å². The normalized spacial score (nSPS) is 14.0. The molecule has 1 aliphatic rings. The van der Waals surface area contributed by atoms with Gasteiger partial charge in [0.05, 0.1) is 16.6 Å². The Labute approximate surface area is 129 Å². The average Bonchev–Trinajstić information content (AvgIpc) is 3.23. The molecule has 7 heteroatoms. The second-order valence-electron chi connectivity index (χ2n) is 5.18. The van der Waals surface area contributed by atoms with Crippen LogP contribution in [0.2, 0.25) is 0 Å². The summed E-state index contributed by atoms with van der Waals surface area (Å²) in [6.07, 6.45) is 2.26. The van der Waals surface area contributed by atoms with Crippen LogP contribution in [0.5, 0.6) is 0 Å². The van der Waals surface area contributed by atoms with Crippen LogP contribution in [-0.4, -0.2) is 36.2 Å². The molecule has 1 fully saturated rings. The average molecular weight is 311 g/mol. The van der Waals surface area contributed by atoms with Crippen LogP contribution in [0.1, 0.15) is 40.5 Å². The summed E-state index contributed by atoms with van der Waals surface area (Å²) in [5.74, 6) is 0.370. The van der Waals surface area contributed by atoms with Crippen LogP contribution < -0.4 is 10.6 Å². The Bertz CT molecular complexity index is 652. The van der Waals surface area contributed by atoms with E-state index in [2.05, 4.69) is 20.8 Å². The molecule has 3 rings (SSSR count). The molecule has 1 saturated carbocycles. The van der Waals surface area contributed by atoms with Crippen molar-refractivity contribution >= 4 is 29.4 Å². The molecule has 0 bridgehead atoms. The maximum atomic E-state index is 12.3. The Kier molecular flexibility index (Phi) is 4.80. The van der Waals surface area contributed by atoms with E-state index in [1.807, 2.05) is 20.0 Å². The number of carbonyl (C=O) groups excluding carboxylic acids is 1. The summed E-state index contributed by atoms with van der Waals surface area (Å²) >= 11 is 0. The minimum absolute atomic E-state index is 0. The third-order valence-electron chi connectivity index (χ3n) is 3.54. The molecular formula is C14H19ClN4O2. The topological polar surface area (TPSA) is 80.0 Å². The van der Waals surface area contributed by atoms with Gasteiger partial charge in [0.2, 0.25) is 0 Å². The second-order valence-corrected chi connectivity index (χ2v) is 5.18. The van der Waals surface area contributed by atoms with Gasteiger partial charge in [0.15, 0.2) is 0 Å². The number of hydrogen-bond acceptors (Lipinski definition) is 5. The van der Waals surface area contributed by atoms with E-state index in [1.54, 1.807) is 0 Å². The highest BCUT2D eigenvalue weighted by Crippen LogP contribution is 2.40. The van der Waals surface area contributed by atoms with E-state index >= 15 is 0 Å². The summed E-state index contributed by atoms with van der Waals surface area (Å²) in [4.78, 5) is 16.8. The molecular weight excluding hydrogens is 292 g/mol. The first-order valence-electron chi connectivity index (χ1n) is 6.90. The van der Waals surface area contributed by atoms with Crippen molar-refractivity contribution in [2.45, 2.75) is 25.7 Å². The van der Waals surface area contributed by atoms with Crippen LogP contribution in [0, 0.1) is 6.92 Å². The van der Waals surface area contributed by atoms with Gasteiger partial charge in [-0.1, -0.05) is 5.16 Å². The predicted molar refractivity (Wildman–Crippen MR) is 82.0 cm³/mol. The van der Waals surface area contributed by atoms with Crippen LogP contribution in [0.4, 0.5) is 0 Å². The number of likely N-dealkylation sites (N-methyl/N-ethyl adjacent to an activating group) is 1. The predicted octanol–water partition coefficient (Wildman–Crippen LogP) is 1.78. The quantitative estimate of drug-likeness (QED) is 0.823. The van der Waals surface area contributed by atoms with Gasteiger partial charge < -0.3 is 15.2 Å². The van der Waals surface area contributed by atoms with Crippen LogP contribution >= 0.6 is 12.4 Å². The molecule has 1 aliphatic carbocycles. The van der Waals surface area contributed by atoms with E-state index in [0.717, 1.165) is 30.5 Å². The van der Waals surface area contributed by atoms with Gasteiger partial charge in [0.25, 0.3) is 11.6 Å². The van der Waals surface area contributed by atoms with Crippen molar-refractivity contribution < 1.29 is 9.32 Å². The Morgan fingerprint density at radius 3 is 2.86 bits per heavy atom. The van der Waals surface area contributed by atoms with Crippen LogP contribution in [0.15, 0.2) is 10.6 Å². The van der Waals surface area contributed by atoms with Crippen molar-refractivity contribution in [1.82, 2.24) is 20.8 Å². The Morgan fingerprint density at radius 1 is 1.43 bits per heavy atom. The summed E-state index contributed by atoms with van der Waals surface area (Å²) in [6, 6.07) is 1.89. The van der Waals surface area contributed by atoms with Gasteiger partial charge in [-0.15, -0.1) is 12.4 Å². The van der Waals surface area contributed by atoms with E-state index in [-0.39, 0.29) is 18.3 Å². The lowest BCUT2D eigenvalue weighted by molar-refractivity contribution is 0.0955. The lowest BCUT2D eigenvalue weighted by atomic mass is 10.1. The van der Waals surface area contributed by atoms with Crippen LogP contribution in [-0.2, 0) is 0 Å². The Hall–Kier alpha value is -1.66. The zero-order chi connectivity index (χ0) is 14.1. The molecule has 0 aliphatic heterocycles. The third kappa shape index (κ3) is 3.16. The van der Waals surface area contributed by atoms with Gasteiger partial charge in [-0.3, -0.25) is 4.79 Å². The fourth-order valence-corrected chi connectivity index (χ4v) is 2.28. The zero-order valence-corrected chi connectivity index (χ0v) is 12.9. The summed E-state index contributed by atoms with van der Waals surface area (Å²) < 4.78 is 5.23. The molecule has 114 valence electrons. The molecule has 2 heterocycles. The van der Waals surface area contributed by atoms with E-state index < -0.39 is 0 Å². The fraction of sp³-hybridized carbons (Fsp3) is 0.500. The highest BCUT2D eigenvalue weighted by molar-refractivity contribution is 6.06. The summed E-state index contributed by atoms with van der Waals surface area (Å²) in [6.45, 7) is 3.15. The molecule has 0 unspecified atom stereocenters. The first-order valence-corrected chi connectivity index (χ1v) is 6.90. The molecule has 2 aromatic heterocycles. The van der Waals surface area contributed by atoms with E-state index in [9.17, 15) is 4.79 Å². The van der Waals surface area contributed by atoms with Crippen LogP contribution in [0.3, 0.4) is 0 Å². The number of pyridine rings is 1. The van der Waals surface area contributed by atoms with Crippen molar-refractivity contribution in [3.8, 4) is 0 Å². The van der Waals surface area contributed by atoms with E-state index in [4.69, 9.17) is 4.52 Å². The Morgan fingerprint density at radius 2 is 2.19 bits per heavy atom. The molecule has 1 amide bonds. The number of carbonyl (C=O) groups is 1. The molecule has 21 heavy (non-hydrogen) atoms. The minimum Gasteiger partial charge on any atom is -0.351 e. The van der Waals surface area contributed by atoms with Crippen LogP contribution in [0.25, 0.3) is 11.1 Å². The van der Waals surface area contributed by atoms with Gasteiger partial charge in [-0.25, -0.2) is 4.98 Å². The lowest BCUT2D eigenvalue weighted by Crippen LogP contribution is -2.30. The molecule has 2 N–H and O–H groups in total. The maximum Gasteiger partial charge on any atom is 0.259 e. The summed E-state index contributed by atoms with van der Waals surface area (Å²) in [5, 5.41) is 10.5. The molecule has 0 spiro atoms. The SMILES string of the molecule is CNCCNC(=O)c1cc(C2CC2)nc2onc(C)c12.Cl. The molecule has 0 saturated heterocycles. The van der Waals surface area contributed by atoms with Gasteiger partial charge >= 0.3 is 0 Å². The smallest absolute Gasteiger partial charge is 0.259 e. The first-order chi connectivity index (χ1) is 9.70. The maximum absolute atomic E-state index is 12.3. The first kappa shape index (κ1) is 15.7. The summed E-state index contributed by atoms with van der Waals surface area (Å²) in [5.41, 5.74) is 2.72. The standard InChI is InChI=1S/C14H18N4O2.ClH/c1-8-12-10(13(19)16-6-5-15-2)7-11(9-3-4-9)17-14(12)20-18-8;/h7,9,15H,3-6H2,1-2H3,(H,16,19);1H. The van der Waals surface area contributed by atoms with Crippen molar-refractivity contribution in [3.63, 3.8) is 0 Å². The largest absolute Gasteiger partial charge is 0.351 e. The van der Waals surface area contributed by atoms with Crippen molar-refractivity contribution in [1.29, 1.82) is 0 Å². The van der Waals surface area contributed by atoms with Crippen molar-refractivity contribution in [2.75, 3.05) is 20.1 Å². The number of fused-ring (bicyclic) bond motifs is 1. The summed E-state index contributed by atoms with van der Waals surface area (Å²) in [7, 11) is 1.85. The second kappa shape index (κ2) is 6.41. The number of hydrogen-bond donors (Lipinski definition) is 2. The van der Waals surface area contributed by atoms with Gasteiger partial charge in [-0.2, -0.15) is 0 Å². The van der Waals surface area contributed by atoms with Crippen molar-refractivity contribution in [2.24, 2.45) is 0 Å². The van der Waals surface area contributed by atoms with Gasteiger partial charge in [-0.05, 0) is 32.9 Å². The third-order valence-corrected chi connectivity index (χ3v) is 3.54. The lowest BCUT2D eigenvalue weighted by Gasteiger charge is -2.07. The molecule has 0 radical (unpaired) electrons. The van der Waals surface area contributed by atoms with Gasteiger partial charge in [0.1, 0.15) is 0 Å². The highest BCUT2D eigenvalue weighted by atomic mass is 35.5. The number of aromatic nitrogens is 2. The minimum atomic E-state index is -0.0964. The molecule has 2 aromatic rings. The number of nitrogens with one attached hydrogen (secondary N) is 2. The molecule has 0 atom stereocenters. The zero-order valence-electron chi connectivity index (χ0n) is 12.1. The molecule has 6 nitrogen and oxygen atoms in total. The van der Waals surface area contributed by atoms with E-state index in [1.165, 1.54) is 0 Å². The number of amides is 1. The number of aryl methyl sites for hydroxylation is 1. The molecule has 0 aromatic carbocycles. The number of halogens is 1.